The topological polar surface area (TPSA) is 87.7 Å². The maximum Gasteiger partial charge on any atom is 0.322 e. The number of carbonyl (C=O) groups excluding carboxylic acids is 3. The summed E-state index contributed by atoms with van der Waals surface area (Å²) in [5.41, 5.74) is -0.925. The lowest BCUT2D eigenvalue weighted by molar-refractivity contribution is -0.140. The van der Waals surface area contributed by atoms with Gasteiger partial charge in [0, 0.05) is 13.2 Å². The molecule has 1 spiro atoms. The van der Waals surface area contributed by atoms with Crippen molar-refractivity contribution in [1.29, 1.82) is 0 Å². The van der Waals surface area contributed by atoms with Gasteiger partial charge in [-0.3, -0.25) is 14.9 Å². The summed E-state index contributed by atoms with van der Waals surface area (Å²) in [6.45, 7) is 1.34. The van der Waals surface area contributed by atoms with Crippen LogP contribution in [0.4, 0.5) is 4.79 Å². The summed E-state index contributed by atoms with van der Waals surface area (Å²) in [5.74, 6) is -0.409. The Morgan fingerprint density at radius 3 is 2.89 bits per heavy atom. The van der Waals surface area contributed by atoms with Crippen LogP contribution in [-0.4, -0.2) is 54.1 Å². The molecule has 0 aromatic carbocycles. The third-order valence-corrected chi connectivity index (χ3v) is 3.80. The summed E-state index contributed by atoms with van der Waals surface area (Å²) in [5, 5.41) is 4.84. The number of hydrogen-bond acceptors (Lipinski definition) is 4. The highest BCUT2D eigenvalue weighted by atomic mass is 16.5. The van der Waals surface area contributed by atoms with Gasteiger partial charge in [-0.25, -0.2) is 4.79 Å². The Kier molecular flexibility index (Phi) is 2.51. The molecule has 0 saturated carbocycles. The second-order valence-electron chi connectivity index (χ2n) is 5.00. The summed E-state index contributed by atoms with van der Waals surface area (Å²) in [6.07, 6.45) is 1.72. The molecule has 0 aromatic rings. The zero-order chi connectivity index (χ0) is 12.8. The highest BCUT2D eigenvalue weighted by Crippen LogP contribution is 2.26. The first-order chi connectivity index (χ1) is 8.61. The van der Waals surface area contributed by atoms with Crippen molar-refractivity contribution in [3.05, 3.63) is 0 Å². The van der Waals surface area contributed by atoms with Gasteiger partial charge in [0.25, 0.3) is 11.8 Å². The zero-order valence-electron chi connectivity index (χ0n) is 9.90. The number of rotatable bonds is 1. The van der Waals surface area contributed by atoms with E-state index in [0.717, 1.165) is 12.8 Å². The molecule has 0 aliphatic carbocycles. The lowest BCUT2D eigenvalue weighted by Crippen LogP contribution is -2.50. The van der Waals surface area contributed by atoms with E-state index in [4.69, 9.17) is 4.74 Å². The molecule has 0 aromatic heterocycles. The first kappa shape index (κ1) is 11.5. The van der Waals surface area contributed by atoms with Crippen molar-refractivity contribution in [2.75, 3.05) is 19.7 Å². The largest absolute Gasteiger partial charge is 0.368 e. The standard InChI is InChI=1S/C11H15N3O4/c15-8(7-2-1-5-18-7)14-4-3-11(6-14)9(16)12-10(17)13-11/h7H,1-6H2,(H2,12,13,16,17). The third kappa shape index (κ3) is 1.66. The second kappa shape index (κ2) is 3.94. The number of imide groups is 1. The summed E-state index contributed by atoms with van der Waals surface area (Å²) >= 11 is 0. The average molecular weight is 253 g/mol. The Hall–Kier alpha value is -1.63. The molecule has 2 N–H and O–H groups in total. The summed E-state index contributed by atoms with van der Waals surface area (Å²) < 4.78 is 5.35. The van der Waals surface area contributed by atoms with Gasteiger partial charge in [-0.1, -0.05) is 0 Å². The highest BCUT2D eigenvalue weighted by molar-refractivity contribution is 6.07. The van der Waals surface area contributed by atoms with Crippen LogP contribution in [0.3, 0.4) is 0 Å². The lowest BCUT2D eigenvalue weighted by atomic mass is 9.99. The fraction of sp³-hybridized carbons (Fsp3) is 0.727. The third-order valence-electron chi connectivity index (χ3n) is 3.80. The van der Waals surface area contributed by atoms with Crippen LogP contribution in [0.1, 0.15) is 19.3 Å². The van der Waals surface area contributed by atoms with Crippen molar-refractivity contribution in [2.24, 2.45) is 0 Å². The molecule has 3 heterocycles. The second-order valence-corrected chi connectivity index (χ2v) is 5.00. The van der Waals surface area contributed by atoms with E-state index in [1.165, 1.54) is 0 Å². The Labute approximate surface area is 104 Å². The van der Waals surface area contributed by atoms with Crippen LogP contribution < -0.4 is 10.6 Å². The van der Waals surface area contributed by atoms with Crippen LogP contribution in [0.25, 0.3) is 0 Å². The van der Waals surface area contributed by atoms with Gasteiger partial charge in [-0.2, -0.15) is 0 Å². The molecule has 2 unspecified atom stereocenters. The molecule has 0 radical (unpaired) electrons. The number of nitrogens with zero attached hydrogens (tertiary/aromatic N) is 1. The summed E-state index contributed by atoms with van der Waals surface area (Å²) in [4.78, 5) is 36.7. The van der Waals surface area contributed by atoms with E-state index in [1.807, 2.05) is 0 Å². The van der Waals surface area contributed by atoms with Crippen LogP contribution in [0.5, 0.6) is 0 Å². The van der Waals surface area contributed by atoms with Gasteiger partial charge < -0.3 is 15.0 Å². The molecular weight excluding hydrogens is 238 g/mol. The van der Waals surface area contributed by atoms with Crippen molar-refractivity contribution >= 4 is 17.8 Å². The smallest absolute Gasteiger partial charge is 0.322 e. The first-order valence-electron chi connectivity index (χ1n) is 6.15. The molecule has 4 amide bonds. The predicted octanol–water partition coefficient (Wildman–Crippen LogP) is -1.02. The van der Waals surface area contributed by atoms with E-state index in [1.54, 1.807) is 4.90 Å². The van der Waals surface area contributed by atoms with Crippen LogP contribution in [-0.2, 0) is 14.3 Å². The van der Waals surface area contributed by atoms with E-state index in [0.29, 0.717) is 19.6 Å². The normalized spacial score (nSPS) is 35.1. The molecule has 3 fully saturated rings. The quantitative estimate of drug-likeness (QED) is 0.585. The van der Waals surface area contributed by atoms with Crippen LogP contribution in [0.15, 0.2) is 0 Å². The number of ether oxygens (including phenoxy) is 1. The summed E-state index contributed by atoms with van der Waals surface area (Å²) in [7, 11) is 0. The van der Waals surface area contributed by atoms with Gasteiger partial charge in [-0.05, 0) is 19.3 Å². The molecule has 98 valence electrons. The maximum atomic E-state index is 12.1. The SMILES string of the molecule is O=C1NC(=O)C2(CCN(C(=O)C3CCCO3)C2)N1. The molecule has 7 heteroatoms. The van der Waals surface area contributed by atoms with Gasteiger partial charge >= 0.3 is 6.03 Å². The first-order valence-corrected chi connectivity index (χ1v) is 6.15. The van der Waals surface area contributed by atoms with Crippen LogP contribution >= 0.6 is 0 Å². The van der Waals surface area contributed by atoms with E-state index in [9.17, 15) is 14.4 Å². The highest BCUT2D eigenvalue weighted by Gasteiger charge is 2.52. The van der Waals surface area contributed by atoms with Gasteiger partial charge in [0.2, 0.25) is 0 Å². The molecule has 7 nitrogen and oxygen atoms in total. The fourth-order valence-corrected chi connectivity index (χ4v) is 2.79. The Morgan fingerprint density at radius 1 is 1.44 bits per heavy atom. The fourth-order valence-electron chi connectivity index (χ4n) is 2.79. The molecule has 3 aliphatic rings. The number of urea groups is 1. The number of carbonyl (C=O) groups is 3. The Morgan fingerprint density at radius 2 is 2.28 bits per heavy atom. The zero-order valence-corrected chi connectivity index (χ0v) is 9.90. The van der Waals surface area contributed by atoms with E-state index in [2.05, 4.69) is 10.6 Å². The van der Waals surface area contributed by atoms with Crippen molar-refractivity contribution < 1.29 is 19.1 Å². The summed E-state index contributed by atoms with van der Waals surface area (Å²) in [6, 6.07) is -0.480. The molecule has 2 atom stereocenters. The lowest BCUT2D eigenvalue weighted by Gasteiger charge is -2.22. The van der Waals surface area contributed by atoms with Crippen molar-refractivity contribution in [3.8, 4) is 0 Å². The number of amides is 4. The molecular formula is C11H15N3O4. The molecule has 3 rings (SSSR count). The number of hydrogen-bond donors (Lipinski definition) is 2. The average Bonchev–Trinajstić information content (AvgIpc) is 3.01. The van der Waals surface area contributed by atoms with Crippen LogP contribution in [0, 0.1) is 0 Å². The molecule has 0 bridgehead atoms. The van der Waals surface area contributed by atoms with Crippen LogP contribution in [0.2, 0.25) is 0 Å². The molecule has 3 saturated heterocycles. The van der Waals surface area contributed by atoms with Gasteiger partial charge in [0.05, 0.1) is 6.54 Å². The minimum atomic E-state index is -0.925. The minimum absolute atomic E-state index is 0.0710. The van der Waals surface area contributed by atoms with Gasteiger partial charge in [-0.15, -0.1) is 0 Å². The van der Waals surface area contributed by atoms with Gasteiger partial charge in [0.1, 0.15) is 11.6 Å². The minimum Gasteiger partial charge on any atom is -0.368 e. The van der Waals surface area contributed by atoms with Crippen molar-refractivity contribution in [3.63, 3.8) is 0 Å². The van der Waals surface area contributed by atoms with Gasteiger partial charge in [0.15, 0.2) is 0 Å². The van der Waals surface area contributed by atoms with E-state index in [-0.39, 0.29) is 24.5 Å². The maximum absolute atomic E-state index is 12.1. The van der Waals surface area contributed by atoms with Crippen molar-refractivity contribution in [2.45, 2.75) is 30.9 Å². The van der Waals surface area contributed by atoms with E-state index >= 15 is 0 Å². The number of likely N-dealkylation sites (tertiary alicyclic amines) is 1. The van der Waals surface area contributed by atoms with E-state index < -0.39 is 11.6 Å². The Bertz CT molecular complexity index is 419. The number of nitrogens with one attached hydrogen (secondary N) is 2. The molecule has 18 heavy (non-hydrogen) atoms. The monoisotopic (exact) mass is 253 g/mol. The van der Waals surface area contributed by atoms with Crippen molar-refractivity contribution in [1.82, 2.24) is 15.5 Å². The Balaban J connectivity index is 1.69. The predicted molar refractivity (Wildman–Crippen MR) is 59.6 cm³/mol. The molecule has 3 aliphatic heterocycles.